The first-order valence-corrected chi connectivity index (χ1v) is 11.0. The smallest absolute Gasteiger partial charge is 0.246 e. The Kier molecular flexibility index (Phi) is 6.77. The molecule has 158 valence electrons. The highest BCUT2D eigenvalue weighted by Crippen LogP contribution is 2.33. The molecule has 0 spiro atoms. The number of sulfonamides is 1. The van der Waals surface area contributed by atoms with E-state index in [4.69, 9.17) is 9.47 Å². The molecule has 1 aliphatic rings. The molecule has 1 saturated heterocycles. The molecule has 0 unspecified atom stereocenters. The maximum atomic E-state index is 14.6. The quantitative estimate of drug-likeness (QED) is 0.716. The average molecular weight is 423 g/mol. The third-order valence-corrected chi connectivity index (χ3v) is 7.04. The Morgan fingerprint density at radius 2 is 1.62 bits per heavy atom. The zero-order valence-electron chi connectivity index (χ0n) is 17.0. The summed E-state index contributed by atoms with van der Waals surface area (Å²) in [4.78, 5) is 1.84. The van der Waals surface area contributed by atoms with E-state index < -0.39 is 15.8 Å². The Morgan fingerprint density at radius 3 is 2.28 bits per heavy atom. The van der Waals surface area contributed by atoms with Crippen LogP contribution in [0, 0.1) is 12.7 Å². The van der Waals surface area contributed by atoms with E-state index >= 15 is 0 Å². The molecule has 0 saturated carbocycles. The van der Waals surface area contributed by atoms with E-state index in [-0.39, 0.29) is 16.4 Å². The number of methoxy groups -OCH3 is 2. The topological polar surface area (TPSA) is 59.1 Å². The van der Waals surface area contributed by atoms with Crippen molar-refractivity contribution in [2.24, 2.45) is 0 Å². The van der Waals surface area contributed by atoms with E-state index in [9.17, 15) is 12.8 Å². The molecule has 0 N–H and O–H groups in total. The van der Waals surface area contributed by atoms with Crippen molar-refractivity contribution in [3.63, 3.8) is 0 Å². The van der Waals surface area contributed by atoms with Crippen molar-refractivity contribution in [2.45, 2.75) is 24.8 Å². The summed E-state index contributed by atoms with van der Waals surface area (Å²) >= 11 is 0. The highest BCUT2D eigenvalue weighted by atomic mass is 32.2. The number of ether oxygens (including phenoxy) is 2. The highest BCUT2D eigenvalue weighted by molar-refractivity contribution is 7.89. The predicted molar refractivity (Wildman–Crippen MR) is 109 cm³/mol. The van der Waals surface area contributed by atoms with Crippen LogP contribution < -0.4 is 9.47 Å². The Bertz CT molecular complexity index is 948. The van der Waals surface area contributed by atoms with Gasteiger partial charge in [-0.25, -0.2) is 12.8 Å². The zero-order valence-corrected chi connectivity index (χ0v) is 17.8. The molecule has 0 atom stereocenters. The second-order valence-corrected chi connectivity index (χ2v) is 9.06. The number of rotatable bonds is 6. The Hall–Kier alpha value is -2.16. The highest BCUT2D eigenvalue weighted by Gasteiger charge is 2.30. The molecule has 0 radical (unpaired) electrons. The summed E-state index contributed by atoms with van der Waals surface area (Å²) in [5, 5.41) is 0. The SMILES string of the molecule is COc1cc(F)c(S(=O)(=O)N2CCCN(Cc3ccc(C)cc3)CC2)cc1OC. The lowest BCUT2D eigenvalue weighted by molar-refractivity contribution is 0.278. The summed E-state index contributed by atoms with van der Waals surface area (Å²) in [5.74, 6) is -0.504. The van der Waals surface area contributed by atoms with Crippen molar-refractivity contribution >= 4 is 10.0 Å². The normalized spacial score (nSPS) is 16.4. The first-order valence-electron chi connectivity index (χ1n) is 9.54. The molecule has 2 aromatic carbocycles. The number of aryl methyl sites for hydroxylation is 1. The summed E-state index contributed by atoms with van der Waals surface area (Å²) < 4.78 is 52.3. The van der Waals surface area contributed by atoms with E-state index in [0.717, 1.165) is 19.2 Å². The van der Waals surface area contributed by atoms with E-state index in [1.54, 1.807) is 0 Å². The van der Waals surface area contributed by atoms with Crippen LogP contribution in [0.3, 0.4) is 0 Å². The van der Waals surface area contributed by atoms with Crippen LogP contribution >= 0.6 is 0 Å². The van der Waals surface area contributed by atoms with Crippen molar-refractivity contribution in [2.75, 3.05) is 40.4 Å². The van der Waals surface area contributed by atoms with E-state index in [1.807, 2.05) is 6.92 Å². The maximum Gasteiger partial charge on any atom is 0.246 e. The first kappa shape index (κ1) is 21.5. The summed E-state index contributed by atoms with van der Waals surface area (Å²) in [6.07, 6.45) is 0.681. The molecule has 0 amide bonds. The first-order chi connectivity index (χ1) is 13.8. The molecule has 2 aromatic rings. The van der Waals surface area contributed by atoms with Crippen LogP contribution in [0.15, 0.2) is 41.3 Å². The Balaban J connectivity index is 1.76. The largest absolute Gasteiger partial charge is 0.493 e. The fourth-order valence-electron chi connectivity index (χ4n) is 3.47. The van der Waals surface area contributed by atoms with Gasteiger partial charge in [-0.3, -0.25) is 4.90 Å². The van der Waals surface area contributed by atoms with Crippen LogP contribution in [0.4, 0.5) is 4.39 Å². The third-order valence-electron chi connectivity index (χ3n) is 5.13. The minimum absolute atomic E-state index is 0.157. The molecule has 0 aromatic heterocycles. The van der Waals surface area contributed by atoms with Crippen molar-refractivity contribution in [1.82, 2.24) is 9.21 Å². The van der Waals surface area contributed by atoms with Crippen LogP contribution in [-0.4, -0.2) is 58.0 Å². The van der Waals surface area contributed by atoms with Gasteiger partial charge in [-0.15, -0.1) is 0 Å². The number of benzene rings is 2. The molecule has 8 heteroatoms. The van der Waals surface area contributed by atoms with Gasteiger partial charge < -0.3 is 9.47 Å². The van der Waals surface area contributed by atoms with Gasteiger partial charge in [0.1, 0.15) is 10.7 Å². The fraction of sp³-hybridized carbons (Fsp3) is 0.429. The zero-order chi connectivity index (χ0) is 21.0. The van der Waals surface area contributed by atoms with Crippen molar-refractivity contribution in [3.8, 4) is 11.5 Å². The summed E-state index contributed by atoms with van der Waals surface area (Å²) in [5.41, 5.74) is 2.40. The molecular formula is C21H27FN2O4S. The predicted octanol–water partition coefficient (Wildman–Crippen LogP) is 3.05. The molecule has 29 heavy (non-hydrogen) atoms. The van der Waals surface area contributed by atoms with Gasteiger partial charge in [0, 0.05) is 38.3 Å². The van der Waals surface area contributed by atoms with Gasteiger partial charge in [-0.05, 0) is 25.5 Å². The van der Waals surface area contributed by atoms with Crippen LogP contribution in [0.1, 0.15) is 17.5 Å². The van der Waals surface area contributed by atoms with Gasteiger partial charge in [0.2, 0.25) is 10.0 Å². The van der Waals surface area contributed by atoms with Gasteiger partial charge in [-0.1, -0.05) is 29.8 Å². The van der Waals surface area contributed by atoms with Gasteiger partial charge in [-0.2, -0.15) is 4.31 Å². The van der Waals surface area contributed by atoms with E-state index in [2.05, 4.69) is 29.2 Å². The molecule has 0 bridgehead atoms. The minimum Gasteiger partial charge on any atom is -0.493 e. The van der Waals surface area contributed by atoms with Crippen LogP contribution in [0.25, 0.3) is 0 Å². The second kappa shape index (κ2) is 9.11. The van der Waals surface area contributed by atoms with Crippen LogP contribution in [0.2, 0.25) is 0 Å². The lowest BCUT2D eigenvalue weighted by Crippen LogP contribution is -2.35. The van der Waals surface area contributed by atoms with Gasteiger partial charge in [0.25, 0.3) is 0 Å². The number of hydrogen-bond acceptors (Lipinski definition) is 5. The molecule has 1 fully saturated rings. The number of halogens is 1. The monoisotopic (exact) mass is 422 g/mol. The average Bonchev–Trinajstić information content (AvgIpc) is 2.95. The van der Waals surface area contributed by atoms with E-state index in [1.165, 1.54) is 35.7 Å². The van der Waals surface area contributed by atoms with Crippen molar-refractivity contribution < 1.29 is 22.3 Å². The van der Waals surface area contributed by atoms with Crippen molar-refractivity contribution in [1.29, 1.82) is 0 Å². The van der Waals surface area contributed by atoms with Crippen LogP contribution in [-0.2, 0) is 16.6 Å². The van der Waals surface area contributed by atoms with Crippen molar-refractivity contribution in [3.05, 3.63) is 53.3 Å². The Labute approximate surface area is 171 Å². The summed E-state index contributed by atoms with van der Waals surface area (Å²) in [6.45, 7) is 4.84. The van der Waals surface area contributed by atoms with Gasteiger partial charge in [0.15, 0.2) is 11.5 Å². The minimum atomic E-state index is -3.98. The Morgan fingerprint density at radius 1 is 0.966 bits per heavy atom. The maximum absolute atomic E-state index is 14.6. The molecule has 3 rings (SSSR count). The fourth-order valence-corrected chi connectivity index (χ4v) is 5.00. The lowest BCUT2D eigenvalue weighted by Gasteiger charge is -2.22. The molecule has 0 aliphatic carbocycles. The second-order valence-electron chi connectivity index (χ2n) is 7.16. The standard InChI is InChI=1S/C21H27FN2O4S/c1-16-5-7-17(8-6-16)15-23-9-4-10-24(12-11-23)29(25,26)21-14-20(28-3)19(27-2)13-18(21)22/h5-8,13-14H,4,9-12,15H2,1-3H3. The molecule has 1 aliphatic heterocycles. The number of nitrogens with zero attached hydrogens (tertiary/aromatic N) is 2. The molecule has 1 heterocycles. The summed E-state index contributed by atoms with van der Waals surface area (Å²) in [7, 11) is -1.21. The van der Waals surface area contributed by atoms with Gasteiger partial charge >= 0.3 is 0 Å². The molecule has 6 nitrogen and oxygen atoms in total. The summed E-state index contributed by atoms with van der Waals surface area (Å²) in [6, 6.07) is 10.6. The third kappa shape index (κ3) is 4.88. The molecular weight excluding hydrogens is 395 g/mol. The van der Waals surface area contributed by atoms with Crippen LogP contribution in [0.5, 0.6) is 11.5 Å². The van der Waals surface area contributed by atoms with E-state index in [0.29, 0.717) is 26.1 Å². The number of hydrogen-bond donors (Lipinski definition) is 0. The van der Waals surface area contributed by atoms with Gasteiger partial charge in [0.05, 0.1) is 14.2 Å². The lowest BCUT2D eigenvalue weighted by atomic mass is 10.1.